The van der Waals surface area contributed by atoms with Crippen molar-refractivity contribution in [1.82, 2.24) is 9.13 Å². The molecule has 11 heteroatoms. The van der Waals surface area contributed by atoms with E-state index in [0.29, 0.717) is 34.1 Å². The minimum absolute atomic E-state index is 0.0713. The molecular formula is C57H29F6N3S2. The van der Waals surface area contributed by atoms with Gasteiger partial charge in [-0.25, -0.2) is 0 Å². The highest BCUT2D eigenvalue weighted by atomic mass is 32.1. The molecule has 0 atom stereocenters. The van der Waals surface area contributed by atoms with Crippen LogP contribution in [0.2, 0.25) is 0 Å². The topological polar surface area (TPSA) is 33.6 Å². The number of halogens is 6. The van der Waals surface area contributed by atoms with Gasteiger partial charge in [0.2, 0.25) is 0 Å². The molecule has 0 amide bonds. The van der Waals surface area contributed by atoms with Gasteiger partial charge in [0.15, 0.2) is 0 Å². The van der Waals surface area contributed by atoms with Gasteiger partial charge in [0.05, 0.1) is 56.2 Å². The second-order valence-electron chi connectivity index (χ2n) is 16.9. The summed E-state index contributed by atoms with van der Waals surface area (Å²) in [5.74, 6) is 0. The third-order valence-electron chi connectivity index (χ3n) is 13.2. The number of fused-ring (bicyclic) bond motifs is 14. The minimum atomic E-state index is -5.11. The van der Waals surface area contributed by atoms with Crippen LogP contribution < -0.4 is 0 Å². The van der Waals surface area contributed by atoms with Crippen molar-refractivity contribution < 1.29 is 26.3 Å². The third kappa shape index (κ3) is 5.90. The van der Waals surface area contributed by atoms with Gasteiger partial charge in [0.1, 0.15) is 0 Å². The molecule has 0 aliphatic rings. The van der Waals surface area contributed by atoms with E-state index in [2.05, 4.69) is 75.9 Å². The van der Waals surface area contributed by atoms with Crippen LogP contribution in [0.3, 0.4) is 0 Å². The van der Waals surface area contributed by atoms with Crippen LogP contribution in [0.25, 0.3) is 118 Å². The molecule has 4 heterocycles. The number of thiophene rings is 2. The third-order valence-corrected chi connectivity index (χ3v) is 15.6. The molecule has 3 nitrogen and oxygen atoms in total. The van der Waals surface area contributed by atoms with Crippen molar-refractivity contribution in [3.63, 3.8) is 0 Å². The highest BCUT2D eigenvalue weighted by molar-refractivity contribution is 7.27. The molecule has 0 spiro atoms. The molecule has 0 saturated heterocycles. The van der Waals surface area contributed by atoms with Gasteiger partial charge in [-0.15, -0.1) is 22.7 Å². The molecule has 0 fully saturated rings. The van der Waals surface area contributed by atoms with Crippen LogP contribution >= 0.6 is 22.7 Å². The second-order valence-corrected chi connectivity index (χ2v) is 19.0. The number of rotatable bonds is 4. The van der Waals surface area contributed by atoms with Crippen LogP contribution in [0, 0.1) is 11.3 Å². The Labute approximate surface area is 390 Å². The van der Waals surface area contributed by atoms with E-state index in [-0.39, 0.29) is 11.6 Å². The summed E-state index contributed by atoms with van der Waals surface area (Å²) in [5.41, 5.74) is 3.01. The van der Waals surface area contributed by atoms with E-state index >= 15 is 0 Å². The Bertz CT molecular complexity index is 4330. The van der Waals surface area contributed by atoms with Crippen LogP contribution in [0.1, 0.15) is 16.7 Å². The van der Waals surface area contributed by atoms with Crippen LogP contribution in [0.15, 0.2) is 176 Å². The van der Waals surface area contributed by atoms with E-state index in [1.165, 1.54) is 0 Å². The first-order chi connectivity index (χ1) is 33.0. The summed E-state index contributed by atoms with van der Waals surface area (Å²) in [6.45, 7) is 0. The fourth-order valence-corrected chi connectivity index (χ4v) is 12.8. The quantitative estimate of drug-likeness (QED) is 0.162. The molecule has 0 N–H and O–H groups in total. The van der Waals surface area contributed by atoms with Gasteiger partial charge < -0.3 is 9.13 Å². The van der Waals surface area contributed by atoms with Gasteiger partial charge in [-0.2, -0.15) is 31.6 Å². The van der Waals surface area contributed by atoms with Gasteiger partial charge in [-0.05, 0) is 83.9 Å². The average Bonchev–Trinajstić information content (AvgIpc) is 4.10. The Morgan fingerprint density at radius 2 is 0.941 bits per heavy atom. The zero-order chi connectivity index (χ0) is 46.2. The van der Waals surface area contributed by atoms with Gasteiger partial charge in [-0.1, -0.05) is 103 Å². The van der Waals surface area contributed by atoms with Crippen molar-refractivity contribution in [2.24, 2.45) is 0 Å². The Kier molecular flexibility index (Phi) is 8.63. The fourth-order valence-electron chi connectivity index (χ4n) is 10.3. The molecule has 68 heavy (non-hydrogen) atoms. The second kappa shape index (κ2) is 14.5. The number of nitriles is 1. The van der Waals surface area contributed by atoms with E-state index in [4.69, 9.17) is 0 Å². The Morgan fingerprint density at radius 3 is 1.50 bits per heavy atom. The number of benzene rings is 9. The summed E-state index contributed by atoms with van der Waals surface area (Å²) in [6.07, 6.45) is -10.1. The summed E-state index contributed by atoms with van der Waals surface area (Å²) >= 11 is 3.40. The van der Waals surface area contributed by atoms with Crippen LogP contribution in [-0.4, -0.2) is 9.13 Å². The summed E-state index contributed by atoms with van der Waals surface area (Å²) in [5, 5.41) is 19.0. The molecule has 0 saturated carbocycles. The zero-order valence-electron chi connectivity index (χ0n) is 35.2. The Balaban J connectivity index is 1.16. The van der Waals surface area contributed by atoms with Crippen molar-refractivity contribution in [1.29, 1.82) is 5.26 Å². The first-order valence-electron chi connectivity index (χ1n) is 21.6. The van der Waals surface area contributed by atoms with Crippen LogP contribution in [0.5, 0.6) is 0 Å². The number of alkyl halides is 6. The summed E-state index contributed by atoms with van der Waals surface area (Å²) in [4.78, 5) is 0. The van der Waals surface area contributed by atoms with E-state index in [1.54, 1.807) is 53.0 Å². The predicted molar refractivity (Wildman–Crippen MR) is 266 cm³/mol. The standard InChI is InChI=1S/C57H29F6N3S2/c58-56(59,60)33-19-21-34(43(29-33)57(61,62)63)32-18-24-46(65-44-13-5-1-11-40(44)52-47(65)25-22-38-36-9-3-7-15-50(36)67-54(38)52)42(28-32)35-20-17-31(30-64)27-49(35)66-45-14-6-2-12-41(45)53-48(66)26-23-39-37-10-4-8-16-51(37)68-55(39)53/h1-29H. The van der Waals surface area contributed by atoms with Crippen LogP contribution in [0.4, 0.5) is 26.3 Å². The molecule has 13 aromatic rings. The molecule has 326 valence electrons. The van der Waals surface area contributed by atoms with Crippen molar-refractivity contribution in [2.75, 3.05) is 0 Å². The average molecular weight is 934 g/mol. The van der Waals surface area contributed by atoms with Gasteiger partial charge in [0.25, 0.3) is 0 Å². The van der Waals surface area contributed by atoms with Crippen molar-refractivity contribution in [2.45, 2.75) is 12.4 Å². The molecule has 4 aromatic heterocycles. The molecule has 0 aliphatic carbocycles. The summed E-state index contributed by atoms with van der Waals surface area (Å²) in [6, 6.07) is 55.4. The SMILES string of the molecule is N#Cc1ccc(-c2cc(-c3ccc(C(F)(F)F)cc3C(F)(F)F)ccc2-n2c3ccccc3c3c4sc5ccccc5c4ccc32)c(-n2c3ccccc3c3c4sc5ccccc5c4ccc32)c1. The molecule has 0 aliphatic heterocycles. The maximum Gasteiger partial charge on any atom is 0.417 e. The normalized spacial score (nSPS) is 12.5. The molecule has 0 radical (unpaired) electrons. The maximum absolute atomic E-state index is 15.0. The van der Waals surface area contributed by atoms with Gasteiger partial charge in [0, 0.05) is 73.0 Å². The Hall–Kier alpha value is -7.91. The summed E-state index contributed by atoms with van der Waals surface area (Å²) < 4.78 is 95.7. The van der Waals surface area contributed by atoms with E-state index < -0.39 is 29.0 Å². The largest absolute Gasteiger partial charge is 0.417 e. The maximum atomic E-state index is 15.0. The van der Waals surface area contributed by atoms with Crippen LogP contribution in [-0.2, 0) is 12.4 Å². The number of para-hydroxylation sites is 2. The number of aromatic nitrogens is 2. The van der Waals surface area contributed by atoms with E-state index in [0.717, 1.165) is 90.0 Å². The van der Waals surface area contributed by atoms with E-state index in [1.807, 2.05) is 66.7 Å². The predicted octanol–water partition coefficient (Wildman–Crippen LogP) is 17.9. The summed E-state index contributed by atoms with van der Waals surface area (Å²) in [7, 11) is 0. The lowest BCUT2D eigenvalue weighted by Gasteiger charge is -2.21. The number of hydrogen-bond acceptors (Lipinski definition) is 3. The van der Waals surface area contributed by atoms with Crippen molar-refractivity contribution in [3.8, 4) is 39.7 Å². The van der Waals surface area contributed by atoms with Gasteiger partial charge >= 0.3 is 12.4 Å². The highest BCUT2D eigenvalue weighted by Crippen LogP contribution is 2.49. The lowest BCUT2D eigenvalue weighted by Crippen LogP contribution is -2.12. The molecule has 9 aromatic carbocycles. The van der Waals surface area contributed by atoms with Gasteiger partial charge in [-0.3, -0.25) is 0 Å². The monoisotopic (exact) mass is 933 g/mol. The van der Waals surface area contributed by atoms with Crippen molar-refractivity contribution >= 4 is 107 Å². The number of nitrogens with zero attached hydrogens (tertiary/aromatic N) is 3. The fraction of sp³-hybridized carbons (Fsp3) is 0.0351. The van der Waals surface area contributed by atoms with Crippen molar-refractivity contribution in [3.05, 3.63) is 193 Å². The molecule has 13 rings (SSSR count). The minimum Gasteiger partial charge on any atom is -0.309 e. The molecular weight excluding hydrogens is 905 g/mol. The lowest BCUT2D eigenvalue weighted by atomic mass is 9.92. The Morgan fingerprint density at radius 1 is 0.412 bits per heavy atom. The zero-order valence-corrected chi connectivity index (χ0v) is 36.8. The highest BCUT2D eigenvalue weighted by Gasteiger charge is 2.39. The van der Waals surface area contributed by atoms with E-state index in [9.17, 15) is 31.6 Å². The molecule has 0 unspecified atom stereocenters. The number of hydrogen-bond donors (Lipinski definition) is 0. The first kappa shape index (κ1) is 40.4. The lowest BCUT2D eigenvalue weighted by molar-refractivity contribution is -0.142. The first-order valence-corrected chi connectivity index (χ1v) is 23.2. The smallest absolute Gasteiger partial charge is 0.309 e. The molecule has 0 bridgehead atoms.